The number of likely N-dealkylation sites (tertiary alicyclic amines) is 1. The van der Waals surface area contributed by atoms with Gasteiger partial charge in [-0.1, -0.05) is 0 Å². The fraction of sp³-hybridized carbons (Fsp3) is 1.00. The van der Waals surface area contributed by atoms with Gasteiger partial charge in [-0.3, -0.25) is 0 Å². The Morgan fingerprint density at radius 1 is 1.12 bits per heavy atom. The summed E-state index contributed by atoms with van der Waals surface area (Å²) < 4.78 is 10.4. The van der Waals surface area contributed by atoms with Gasteiger partial charge in [-0.25, -0.2) is 0 Å². The van der Waals surface area contributed by atoms with Crippen LogP contribution in [0, 0.1) is 0 Å². The minimum atomic E-state index is 0.502. The van der Waals surface area contributed by atoms with Gasteiger partial charge in [0.2, 0.25) is 0 Å². The first-order valence-electron chi connectivity index (χ1n) is 6.81. The van der Waals surface area contributed by atoms with Crippen molar-refractivity contribution in [2.75, 3.05) is 53.6 Å². The van der Waals surface area contributed by atoms with Crippen LogP contribution in [0.5, 0.6) is 0 Å². The summed E-state index contributed by atoms with van der Waals surface area (Å²) in [6.07, 6.45) is 5.44. The molecule has 0 amide bonds. The Hall–Kier alpha value is -0.160. The molecule has 0 atom stereocenters. The van der Waals surface area contributed by atoms with Crippen molar-refractivity contribution < 1.29 is 9.47 Å². The summed E-state index contributed by atoms with van der Waals surface area (Å²) in [7, 11) is 3.57. The molecule has 1 aliphatic heterocycles. The lowest BCUT2D eigenvalue weighted by Crippen LogP contribution is -2.37. The second kappa shape index (κ2) is 9.83. The van der Waals surface area contributed by atoms with Crippen molar-refractivity contribution in [2.45, 2.75) is 31.8 Å². The largest absolute Gasteiger partial charge is 0.383 e. The second-order valence-electron chi connectivity index (χ2n) is 4.73. The highest BCUT2D eigenvalue weighted by Gasteiger charge is 2.17. The smallest absolute Gasteiger partial charge is 0.0595 e. The molecule has 0 bridgehead atoms. The molecular weight excluding hydrogens is 216 g/mol. The minimum absolute atomic E-state index is 0.502. The van der Waals surface area contributed by atoms with E-state index >= 15 is 0 Å². The Labute approximate surface area is 106 Å². The van der Waals surface area contributed by atoms with Crippen LogP contribution >= 0.6 is 0 Å². The van der Waals surface area contributed by atoms with Gasteiger partial charge in [0.05, 0.1) is 12.7 Å². The standard InChI is InChI=1S/C13H28N2O2/c1-16-12-8-14-7-3-4-9-15-10-5-13(17-2)6-11-15/h13-14H,3-12H2,1-2H3. The van der Waals surface area contributed by atoms with E-state index in [9.17, 15) is 0 Å². The Kier molecular flexibility index (Phi) is 8.61. The zero-order valence-corrected chi connectivity index (χ0v) is 11.4. The molecule has 0 aromatic heterocycles. The van der Waals surface area contributed by atoms with Crippen LogP contribution in [0.2, 0.25) is 0 Å². The number of hydrogen-bond acceptors (Lipinski definition) is 4. The third kappa shape index (κ3) is 6.99. The lowest BCUT2D eigenvalue weighted by molar-refractivity contribution is 0.0407. The van der Waals surface area contributed by atoms with Crippen molar-refractivity contribution in [2.24, 2.45) is 0 Å². The number of hydrogen-bond donors (Lipinski definition) is 1. The van der Waals surface area contributed by atoms with E-state index in [1.807, 2.05) is 7.11 Å². The number of ether oxygens (including phenoxy) is 2. The van der Waals surface area contributed by atoms with Crippen LogP contribution in [0.15, 0.2) is 0 Å². The summed E-state index contributed by atoms with van der Waals surface area (Å²) in [6.45, 7) is 6.53. The molecule has 1 rings (SSSR count). The zero-order valence-electron chi connectivity index (χ0n) is 11.4. The maximum Gasteiger partial charge on any atom is 0.0595 e. The van der Waals surface area contributed by atoms with E-state index in [1.165, 1.54) is 45.3 Å². The van der Waals surface area contributed by atoms with Crippen molar-refractivity contribution in [1.82, 2.24) is 10.2 Å². The highest BCUT2D eigenvalue weighted by molar-refractivity contribution is 4.72. The van der Waals surface area contributed by atoms with Gasteiger partial charge in [-0.15, -0.1) is 0 Å². The monoisotopic (exact) mass is 244 g/mol. The maximum atomic E-state index is 5.37. The average molecular weight is 244 g/mol. The molecule has 4 nitrogen and oxygen atoms in total. The van der Waals surface area contributed by atoms with Crippen molar-refractivity contribution >= 4 is 0 Å². The molecule has 4 heteroatoms. The maximum absolute atomic E-state index is 5.37. The molecule has 0 aliphatic carbocycles. The lowest BCUT2D eigenvalue weighted by Gasteiger charge is -2.31. The third-order valence-corrected chi connectivity index (χ3v) is 3.43. The highest BCUT2D eigenvalue weighted by atomic mass is 16.5. The van der Waals surface area contributed by atoms with Gasteiger partial charge in [0, 0.05) is 33.9 Å². The molecule has 0 unspecified atom stereocenters. The first-order valence-corrected chi connectivity index (χ1v) is 6.81. The molecule has 17 heavy (non-hydrogen) atoms. The molecule has 1 fully saturated rings. The Morgan fingerprint density at radius 2 is 1.88 bits per heavy atom. The molecule has 0 spiro atoms. The van der Waals surface area contributed by atoms with Crippen molar-refractivity contribution in [3.63, 3.8) is 0 Å². The summed E-state index contributed by atoms with van der Waals surface area (Å²) in [6, 6.07) is 0. The van der Waals surface area contributed by atoms with Gasteiger partial charge in [-0.2, -0.15) is 0 Å². The van der Waals surface area contributed by atoms with E-state index in [0.29, 0.717) is 6.10 Å². The molecule has 1 N–H and O–H groups in total. The van der Waals surface area contributed by atoms with E-state index in [2.05, 4.69) is 10.2 Å². The Morgan fingerprint density at radius 3 is 2.53 bits per heavy atom. The SMILES string of the molecule is COCCNCCCCN1CCC(OC)CC1. The number of piperidine rings is 1. The fourth-order valence-electron chi connectivity index (χ4n) is 2.25. The Bertz CT molecular complexity index is 171. The normalized spacial score (nSPS) is 18.7. The molecule has 0 saturated carbocycles. The van der Waals surface area contributed by atoms with Crippen LogP contribution < -0.4 is 5.32 Å². The van der Waals surface area contributed by atoms with E-state index in [4.69, 9.17) is 9.47 Å². The quantitative estimate of drug-likeness (QED) is 0.616. The number of unbranched alkanes of at least 4 members (excludes halogenated alkanes) is 1. The Balaban J connectivity index is 1.87. The number of nitrogens with one attached hydrogen (secondary N) is 1. The van der Waals surface area contributed by atoms with E-state index in [1.54, 1.807) is 7.11 Å². The van der Waals surface area contributed by atoms with Gasteiger partial charge in [0.15, 0.2) is 0 Å². The van der Waals surface area contributed by atoms with Gasteiger partial charge >= 0.3 is 0 Å². The first kappa shape index (κ1) is 14.9. The molecule has 1 aliphatic rings. The molecule has 1 saturated heterocycles. The van der Waals surface area contributed by atoms with E-state index in [-0.39, 0.29) is 0 Å². The topological polar surface area (TPSA) is 33.7 Å². The van der Waals surface area contributed by atoms with E-state index in [0.717, 1.165) is 19.7 Å². The summed E-state index contributed by atoms with van der Waals surface area (Å²) in [5.74, 6) is 0. The van der Waals surface area contributed by atoms with Gasteiger partial charge in [0.1, 0.15) is 0 Å². The predicted octanol–water partition coefficient (Wildman–Crippen LogP) is 1.11. The summed E-state index contributed by atoms with van der Waals surface area (Å²) in [4.78, 5) is 2.56. The molecule has 102 valence electrons. The molecule has 0 radical (unpaired) electrons. The average Bonchev–Trinajstić information content (AvgIpc) is 2.38. The zero-order chi connectivity index (χ0) is 12.3. The number of methoxy groups -OCH3 is 2. The molecular formula is C13H28N2O2. The van der Waals surface area contributed by atoms with Gasteiger partial charge in [0.25, 0.3) is 0 Å². The van der Waals surface area contributed by atoms with Crippen LogP contribution in [0.25, 0.3) is 0 Å². The molecule has 1 heterocycles. The van der Waals surface area contributed by atoms with Gasteiger partial charge in [-0.05, 0) is 38.8 Å². The predicted molar refractivity (Wildman–Crippen MR) is 70.5 cm³/mol. The number of nitrogens with zero attached hydrogens (tertiary/aromatic N) is 1. The highest BCUT2D eigenvalue weighted by Crippen LogP contribution is 2.12. The minimum Gasteiger partial charge on any atom is -0.383 e. The second-order valence-corrected chi connectivity index (χ2v) is 4.73. The fourth-order valence-corrected chi connectivity index (χ4v) is 2.25. The summed E-state index contributed by atoms with van der Waals surface area (Å²) >= 11 is 0. The van der Waals surface area contributed by atoms with Crippen LogP contribution in [0.1, 0.15) is 25.7 Å². The van der Waals surface area contributed by atoms with Crippen molar-refractivity contribution in [3.05, 3.63) is 0 Å². The van der Waals surface area contributed by atoms with Gasteiger partial charge < -0.3 is 19.7 Å². The van der Waals surface area contributed by atoms with Crippen molar-refractivity contribution in [1.29, 1.82) is 0 Å². The third-order valence-electron chi connectivity index (χ3n) is 3.43. The van der Waals surface area contributed by atoms with Crippen molar-refractivity contribution in [3.8, 4) is 0 Å². The van der Waals surface area contributed by atoms with Crippen LogP contribution in [0.3, 0.4) is 0 Å². The van der Waals surface area contributed by atoms with E-state index < -0.39 is 0 Å². The lowest BCUT2D eigenvalue weighted by atomic mass is 10.1. The molecule has 0 aromatic carbocycles. The summed E-state index contributed by atoms with van der Waals surface area (Å²) in [5.41, 5.74) is 0. The van der Waals surface area contributed by atoms with Crippen LogP contribution in [-0.2, 0) is 9.47 Å². The van der Waals surface area contributed by atoms with Crippen LogP contribution in [0.4, 0.5) is 0 Å². The number of rotatable bonds is 9. The first-order chi connectivity index (χ1) is 8.36. The summed E-state index contributed by atoms with van der Waals surface area (Å²) in [5, 5.41) is 3.38. The van der Waals surface area contributed by atoms with Crippen LogP contribution in [-0.4, -0.2) is 64.6 Å². The molecule has 0 aromatic rings.